The number of hydrogen-bond acceptors (Lipinski definition) is 6. The van der Waals surface area contributed by atoms with Gasteiger partial charge in [0.2, 0.25) is 0 Å². The standard InChI is InChI=1S/C17H18BrNO4S2/c1-21-13-6-10(12(18)8-14(13)22-2)7-15-16(20)19(17(24)25-15)9-11-4-3-5-23-11/h6-8,11H,3-5,9H2,1-2H3/b15-7-/t11-/m1/s1. The Morgan fingerprint density at radius 3 is 2.76 bits per heavy atom. The van der Waals surface area contributed by atoms with Gasteiger partial charge < -0.3 is 14.2 Å². The van der Waals surface area contributed by atoms with Crippen LogP contribution in [0.4, 0.5) is 0 Å². The first kappa shape index (κ1) is 18.7. The van der Waals surface area contributed by atoms with Crippen LogP contribution >= 0.6 is 39.9 Å². The summed E-state index contributed by atoms with van der Waals surface area (Å²) >= 11 is 10.2. The summed E-state index contributed by atoms with van der Waals surface area (Å²) < 4.78 is 17.6. The van der Waals surface area contributed by atoms with Gasteiger partial charge in [-0.25, -0.2) is 0 Å². The minimum atomic E-state index is -0.0767. The van der Waals surface area contributed by atoms with Crippen molar-refractivity contribution in [3.8, 4) is 11.5 Å². The van der Waals surface area contributed by atoms with E-state index in [1.807, 2.05) is 18.2 Å². The van der Waals surface area contributed by atoms with Gasteiger partial charge in [-0.1, -0.05) is 39.9 Å². The zero-order valence-corrected chi connectivity index (χ0v) is 17.1. The quantitative estimate of drug-likeness (QED) is 0.508. The van der Waals surface area contributed by atoms with E-state index in [4.69, 9.17) is 26.4 Å². The Morgan fingerprint density at radius 2 is 2.12 bits per heavy atom. The maximum absolute atomic E-state index is 12.7. The Labute approximate surface area is 164 Å². The molecule has 1 amide bonds. The Hall–Kier alpha value is -1.09. The topological polar surface area (TPSA) is 48.0 Å². The van der Waals surface area contributed by atoms with E-state index in [-0.39, 0.29) is 12.0 Å². The highest BCUT2D eigenvalue weighted by Gasteiger charge is 2.34. The Balaban J connectivity index is 1.84. The lowest BCUT2D eigenvalue weighted by Crippen LogP contribution is -2.35. The molecule has 2 aliphatic heterocycles. The first-order valence-corrected chi connectivity index (χ1v) is 9.83. The van der Waals surface area contributed by atoms with Crippen molar-refractivity contribution in [2.75, 3.05) is 27.4 Å². The number of carbonyl (C=O) groups is 1. The molecule has 0 spiro atoms. The average Bonchev–Trinajstić information content (AvgIpc) is 3.20. The summed E-state index contributed by atoms with van der Waals surface area (Å²) in [4.78, 5) is 14.9. The van der Waals surface area contributed by atoms with Gasteiger partial charge in [-0.05, 0) is 36.6 Å². The molecule has 1 aromatic rings. The third kappa shape index (κ3) is 4.02. The number of rotatable bonds is 5. The molecule has 0 aromatic heterocycles. The summed E-state index contributed by atoms with van der Waals surface area (Å²) in [5.74, 6) is 1.15. The number of nitrogens with zero attached hydrogens (tertiary/aromatic N) is 1. The van der Waals surface area contributed by atoms with Crippen LogP contribution in [0.3, 0.4) is 0 Å². The fourth-order valence-corrected chi connectivity index (χ4v) is 4.47. The first-order valence-electron chi connectivity index (χ1n) is 7.82. The normalized spacial score (nSPS) is 22.1. The molecule has 25 heavy (non-hydrogen) atoms. The molecule has 0 saturated carbocycles. The van der Waals surface area contributed by atoms with E-state index in [9.17, 15) is 4.79 Å². The molecule has 0 N–H and O–H groups in total. The number of benzene rings is 1. The van der Waals surface area contributed by atoms with E-state index < -0.39 is 0 Å². The predicted molar refractivity (Wildman–Crippen MR) is 106 cm³/mol. The van der Waals surface area contributed by atoms with E-state index >= 15 is 0 Å². The molecule has 2 saturated heterocycles. The molecule has 0 aliphatic carbocycles. The third-order valence-electron chi connectivity index (χ3n) is 4.07. The lowest BCUT2D eigenvalue weighted by Gasteiger charge is -2.18. The summed E-state index contributed by atoms with van der Waals surface area (Å²) in [6.45, 7) is 1.28. The van der Waals surface area contributed by atoms with Crippen molar-refractivity contribution in [1.29, 1.82) is 0 Å². The van der Waals surface area contributed by atoms with Crippen LogP contribution in [0.15, 0.2) is 21.5 Å². The van der Waals surface area contributed by atoms with Crippen LogP contribution < -0.4 is 9.47 Å². The molecule has 1 aromatic carbocycles. The van der Waals surface area contributed by atoms with Gasteiger partial charge in [-0.15, -0.1) is 0 Å². The van der Waals surface area contributed by atoms with E-state index in [1.54, 1.807) is 19.1 Å². The zero-order chi connectivity index (χ0) is 18.0. The minimum absolute atomic E-state index is 0.0767. The SMILES string of the molecule is COc1cc(Br)c(/C=C2\SC(=S)N(C[C@H]3CCCO3)C2=O)cc1OC. The fraction of sp³-hybridized carbons (Fsp3) is 0.412. The highest BCUT2D eigenvalue weighted by atomic mass is 79.9. The van der Waals surface area contributed by atoms with Gasteiger partial charge in [-0.3, -0.25) is 9.69 Å². The third-order valence-corrected chi connectivity index (χ3v) is 6.14. The molecule has 0 bridgehead atoms. The first-order chi connectivity index (χ1) is 12.0. The molecule has 2 heterocycles. The Bertz CT molecular complexity index is 732. The van der Waals surface area contributed by atoms with Crippen molar-refractivity contribution in [3.63, 3.8) is 0 Å². The molecule has 5 nitrogen and oxygen atoms in total. The number of amides is 1. The van der Waals surface area contributed by atoms with Crippen LogP contribution in [0.25, 0.3) is 6.08 Å². The largest absolute Gasteiger partial charge is 0.493 e. The molecule has 0 unspecified atom stereocenters. The second-order valence-corrected chi connectivity index (χ2v) is 8.19. The van der Waals surface area contributed by atoms with Gasteiger partial charge in [-0.2, -0.15) is 0 Å². The second kappa shape index (κ2) is 8.07. The number of methoxy groups -OCH3 is 2. The van der Waals surface area contributed by atoms with Gasteiger partial charge in [0, 0.05) is 11.1 Å². The lowest BCUT2D eigenvalue weighted by molar-refractivity contribution is -0.123. The van der Waals surface area contributed by atoms with Crippen molar-refractivity contribution in [3.05, 3.63) is 27.1 Å². The lowest BCUT2D eigenvalue weighted by atomic mass is 10.1. The van der Waals surface area contributed by atoms with E-state index in [0.717, 1.165) is 29.5 Å². The second-order valence-electron chi connectivity index (χ2n) is 5.66. The van der Waals surface area contributed by atoms with Gasteiger partial charge in [0.25, 0.3) is 5.91 Å². The molecular formula is C17H18BrNO4S2. The summed E-state index contributed by atoms with van der Waals surface area (Å²) in [5, 5.41) is 0. The number of thioether (sulfide) groups is 1. The van der Waals surface area contributed by atoms with Crippen molar-refractivity contribution < 1.29 is 19.0 Å². The summed E-state index contributed by atoms with van der Waals surface area (Å²) in [5.41, 5.74) is 0.829. The van der Waals surface area contributed by atoms with E-state index in [0.29, 0.717) is 27.3 Å². The summed E-state index contributed by atoms with van der Waals surface area (Å²) in [6.07, 6.45) is 3.90. The summed E-state index contributed by atoms with van der Waals surface area (Å²) in [6, 6.07) is 3.65. The molecule has 2 fully saturated rings. The Kier molecular flexibility index (Phi) is 6.04. The van der Waals surface area contributed by atoms with Gasteiger partial charge in [0.15, 0.2) is 11.5 Å². The van der Waals surface area contributed by atoms with Gasteiger partial charge >= 0.3 is 0 Å². The zero-order valence-electron chi connectivity index (χ0n) is 13.9. The van der Waals surface area contributed by atoms with Gasteiger partial charge in [0.1, 0.15) is 4.32 Å². The van der Waals surface area contributed by atoms with Crippen LogP contribution in [0.5, 0.6) is 11.5 Å². The van der Waals surface area contributed by atoms with Crippen LogP contribution in [0.1, 0.15) is 18.4 Å². The number of ether oxygens (including phenoxy) is 3. The fourth-order valence-electron chi connectivity index (χ4n) is 2.77. The van der Waals surface area contributed by atoms with E-state index in [2.05, 4.69) is 15.9 Å². The van der Waals surface area contributed by atoms with Crippen LogP contribution in [0, 0.1) is 0 Å². The van der Waals surface area contributed by atoms with Crippen molar-refractivity contribution >= 4 is 56.2 Å². The monoisotopic (exact) mass is 443 g/mol. The molecule has 2 aliphatic rings. The minimum Gasteiger partial charge on any atom is -0.493 e. The number of hydrogen-bond donors (Lipinski definition) is 0. The van der Waals surface area contributed by atoms with Crippen molar-refractivity contribution in [2.45, 2.75) is 18.9 Å². The van der Waals surface area contributed by atoms with Gasteiger partial charge in [0.05, 0.1) is 31.8 Å². The molecule has 3 rings (SSSR count). The molecular weight excluding hydrogens is 426 g/mol. The average molecular weight is 444 g/mol. The smallest absolute Gasteiger partial charge is 0.266 e. The molecule has 1 atom stereocenters. The Morgan fingerprint density at radius 1 is 1.40 bits per heavy atom. The van der Waals surface area contributed by atoms with Crippen LogP contribution in [0.2, 0.25) is 0 Å². The predicted octanol–water partition coefficient (Wildman–Crippen LogP) is 3.85. The summed E-state index contributed by atoms with van der Waals surface area (Å²) in [7, 11) is 3.16. The molecule has 134 valence electrons. The van der Waals surface area contributed by atoms with Crippen molar-refractivity contribution in [1.82, 2.24) is 4.90 Å². The highest BCUT2D eigenvalue weighted by molar-refractivity contribution is 9.10. The number of carbonyl (C=O) groups excluding carboxylic acids is 1. The molecule has 0 radical (unpaired) electrons. The maximum Gasteiger partial charge on any atom is 0.266 e. The van der Waals surface area contributed by atoms with E-state index in [1.165, 1.54) is 11.8 Å². The maximum atomic E-state index is 12.7. The van der Waals surface area contributed by atoms with Crippen molar-refractivity contribution in [2.24, 2.45) is 0 Å². The number of halogens is 1. The van der Waals surface area contributed by atoms with Crippen LogP contribution in [-0.4, -0.2) is 48.6 Å². The van der Waals surface area contributed by atoms with Crippen LogP contribution in [-0.2, 0) is 9.53 Å². The highest BCUT2D eigenvalue weighted by Crippen LogP contribution is 2.38. The number of thiocarbonyl (C=S) groups is 1. The molecule has 8 heteroatoms.